The molecule has 6 heteroatoms. The van der Waals surface area contributed by atoms with Gasteiger partial charge in [-0.2, -0.15) is 0 Å². The van der Waals surface area contributed by atoms with Crippen LogP contribution >= 0.6 is 23.2 Å². The maximum absolute atomic E-state index is 10.9. The highest BCUT2D eigenvalue weighted by Crippen LogP contribution is 2.37. The summed E-state index contributed by atoms with van der Waals surface area (Å²) in [5, 5.41) is 6.62. The maximum atomic E-state index is 10.9. The summed E-state index contributed by atoms with van der Waals surface area (Å²) in [6.07, 6.45) is 0. The second-order valence-corrected chi connectivity index (χ2v) is 4.80. The van der Waals surface area contributed by atoms with Crippen LogP contribution in [0.3, 0.4) is 0 Å². The molecule has 0 heterocycles. The standard InChI is InChI=1S/C14H12Cl2N2O2/c1-2-20-11-5-3-10(4-6-11)17-13-8-9(15)7-12(16)14(13)18-19/h3-8,17H,2H2,1H3. The molecular formula is C14H12Cl2N2O2. The SMILES string of the molecule is CCOc1ccc(Nc2cc(Cl)cc(Cl)c2N=O)cc1. The molecule has 104 valence electrons. The molecule has 0 radical (unpaired) electrons. The van der Waals surface area contributed by atoms with Crippen molar-refractivity contribution in [3.63, 3.8) is 0 Å². The summed E-state index contributed by atoms with van der Waals surface area (Å²) in [7, 11) is 0. The Kier molecular flexibility index (Phi) is 4.82. The second-order valence-electron chi connectivity index (χ2n) is 3.96. The van der Waals surface area contributed by atoms with Gasteiger partial charge < -0.3 is 10.1 Å². The van der Waals surface area contributed by atoms with Gasteiger partial charge >= 0.3 is 0 Å². The molecule has 20 heavy (non-hydrogen) atoms. The number of halogens is 2. The first kappa shape index (κ1) is 14.6. The van der Waals surface area contributed by atoms with Crippen LogP contribution in [-0.2, 0) is 0 Å². The van der Waals surface area contributed by atoms with E-state index < -0.39 is 0 Å². The fourth-order valence-corrected chi connectivity index (χ4v) is 2.24. The zero-order valence-corrected chi connectivity index (χ0v) is 12.2. The van der Waals surface area contributed by atoms with Gasteiger partial charge in [0, 0.05) is 10.7 Å². The van der Waals surface area contributed by atoms with Gasteiger partial charge in [0.1, 0.15) is 11.4 Å². The Bertz CT molecular complexity index is 615. The van der Waals surface area contributed by atoms with E-state index in [9.17, 15) is 4.91 Å². The van der Waals surface area contributed by atoms with Gasteiger partial charge in [-0.3, -0.25) is 0 Å². The molecule has 0 aromatic heterocycles. The highest BCUT2D eigenvalue weighted by molar-refractivity contribution is 6.37. The van der Waals surface area contributed by atoms with Gasteiger partial charge in [-0.1, -0.05) is 23.2 Å². The maximum Gasteiger partial charge on any atom is 0.150 e. The van der Waals surface area contributed by atoms with E-state index in [1.165, 1.54) is 6.07 Å². The molecule has 0 saturated heterocycles. The van der Waals surface area contributed by atoms with Gasteiger partial charge in [0.15, 0.2) is 0 Å². The smallest absolute Gasteiger partial charge is 0.150 e. The predicted octanol–water partition coefficient (Wildman–Crippen LogP) is 5.53. The molecule has 0 aliphatic carbocycles. The molecule has 0 amide bonds. The van der Waals surface area contributed by atoms with E-state index in [4.69, 9.17) is 27.9 Å². The van der Waals surface area contributed by atoms with Crippen LogP contribution in [0.2, 0.25) is 10.0 Å². The summed E-state index contributed by atoms with van der Waals surface area (Å²) in [6.45, 7) is 2.53. The fraction of sp³-hybridized carbons (Fsp3) is 0.143. The van der Waals surface area contributed by atoms with Crippen LogP contribution in [-0.4, -0.2) is 6.61 Å². The lowest BCUT2D eigenvalue weighted by Crippen LogP contribution is -1.93. The first-order chi connectivity index (χ1) is 9.63. The highest BCUT2D eigenvalue weighted by atomic mass is 35.5. The van der Waals surface area contributed by atoms with E-state index in [1.807, 2.05) is 31.2 Å². The van der Waals surface area contributed by atoms with Crippen LogP contribution in [0.25, 0.3) is 0 Å². The Morgan fingerprint density at radius 3 is 2.50 bits per heavy atom. The summed E-state index contributed by atoms with van der Waals surface area (Å²) in [6, 6.07) is 10.4. The van der Waals surface area contributed by atoms with Crippen molar-refractivity contribution in [2.45, 2.75) is 6.92 Å². The molecular weight excluding hydrogens is 299 g/mol. The molecule has 0 spiro atoms. The van der Waals surface area contributed by atoms with Gasteiger partial charge in [0.2, 0.25) is 0 Å². The largest absolute Gasteiger partial charge is 0.494 e. The quantitative estimate of drug-likeness (QED) is 0.738. The van der Waals surface area contributed by atoms with E-state index in [2.05, 4.69) is 10.5 Å². The molecule has 0 unspecified atom stereocenters. The number of benzene rings is 2. The van der Waals surface area contributed by atoms with Crippen LogP contribution in [0.15, 0.2) is 41.6 Å². The monoisotopic (exact) mass is 310 g/mol. The summed E-state index contributed by atoms with van der Waals surface area (Å²) in [4.78, 5) is 10.9. The minimum atomic E-state index is 0.130. The molecule has 1 N–H and O–H groups in total. The zero-order valence-electron chi connectivity index (χ0n) is 10.7. The minimum Gasteiger partial charge on any atom is -0.494 e. The van der Waals surface area contributed by atoms with Crippen LogP contribution in [0, 0.1) is 4.91 Å². The first-order valence-electron chi connectivity index (χ1n) is 5.96. The van der Waals surface area contributed by atoms with E-state index in [0.717, 1.165) is 11.4 Å². The Morgan fingerprint density at radius 1 is 1.20 bits per heavy atom. The molecule has 0 fully saturated rings. The molecule has 0 bridgehead atoms. The van der Waals surface area contributed by atoms with Crippen molar-refractivity contribution in [2.75, 3.05) is 11.9 Å². The Morgan fingerprint density at radius 2 is 1.90 bits per heavy atom. The Hall–Kier alpha value is -1.78. The van der Waals surface area contributed by atoms with E-state index in [1.54, 1.807) is 6.07 Å². The molecule has 0 atom stereocenters. The summed E-state index contributed by atoms with van der Waals surface area (Å²) in [5.41, 5.74) is 1.36. The Labute approximate surface area is 126 Å². The number of rotatable bonds is 5. The van der Waals surface area contributed by atoms with Crippen molar-refractivity contribution in [1.82, 2.24) is 0 Å². The average Bonchev–Trinajstić information content (AvgIpc) is 2.41. The Balaban J connectivity index is 2.27. The van der Waals surface area contributed by atoms with Crippen LogP contribution in [0.4, 0.5) is 17.1 Å². The topological polar surface area (TPSA) is 50.7 Å². The third kappa shape index (κ3) is 3.40. The van der Waals surface area contributed by atoms with Gasteiger partial charge in [-0.05, 0) is 48.5 Å². The third-order valence-corrected chi connectivity index (χ3v) is 3.07. The predicted molar refractivity (Wildman–Crippen MR) is 82.8 cm³/mol. The number of nitroso groups, excluding NO2 is 1. The number of nitrogens with zero attached hydrogens (tertiary/aromatic N) is 1. The number of ether oxygens (including phenoxy) is 1. The van der Waals surface area contributed by atoms with Gasteiger partial charge in [-0.25, -0.2) is 0 Å². The lowest BCUT2D eigenvalue weighted by Gasteiger charge is -2.10. The van der Waals surface area contributed by atoms with Gasteiger partial charge in [0.05, 0.1) is 17.3 Å². The van der Waals surface area contributed by atoms with Gasteiger partial charge in [-0.15, -0.1) is 4.91 Å². The molecule has 2 aromatic rings. The van der Waals surface area contributed by atoms with Crippen molar-refractivity contribution in [3.05, 3.63) is 51.4 Å². The minimum absolute atomic E-state index is 0.130. The average molecular weight is 311 g/mol. The van der Waals surface area contributed by atoms with E-state index in [-0.39, 0.29) is 10.7 Å². The van der Waals surface area contributed by atoms with E-state index in [0.29, 0.717) is 17.3 Å². The lowest BCUT2D eigenvalue weighted by molar-refractivity contribution is 0.340. The fourth-order valence-electron chi connectivity index (χ4n) is 1.71. The third-order valence-electron chi connectivity index (χ3n) is 2.56. The second kappa shape index (κ2) is 6.59. The molecule has 0 aliphatic rings. The molecule has 4 nitrogen and oxygen atoms in total. The highest BCUT2D eigenvalue weighted by Gasteiger charge is 2.10. The zero-order chi connectivity index (χ0) is 14.5. The number of hydrogen-bond donors (Lipinski definition) is 1. The number of nitrogens with one attached hydrogen (secondary N) is 1. The number of hydrogen-bond acceptors (Lipinski definition) is 4. The van der Waals surface area contributed by atoms with Crippen molar-refractivity contribution in [3.8, 4) is 5.75 Å². The van der Waals surface area contributed by atoms with Crippen LogP contribution in [0.1, 0.15) is 6.92 Å². The van der Waals surface area contributed by atoms with Crippen molar-refractivity contribution in [1.29, 1.82) is 0 Å². The molecule has 0 saturated carbocycles. The number of anilines is 2. The van der Waals surface area contributed by atoms with Crippen molar-refractivity contribution >= 4 is 40.3 Å². The molecule has 2 rings (SSSR count). The van der Waals surface area contributed by atoms with E-state index >= 15 is 0 Å². The lowest BCUT2D eigenvalue weighted by atomic mass is 10.2. The van der Waals surface area contributed by atoms with Crippen LogP contribution in [0.5, 0.6) is 5.75 Å². The molecule has 0 aliphatic heterocycles. The summed E-state index contributed by atoms with van der Waals surface area (Å²) in [5.74, 6) is 0.774. The first-order valence-corrected chi connectivity index (χ1v) is 6.72. The van der Waals surface area contributed by atoms with Crippen LogP contribution < -0.4 is 10.1 Å². The van der Waals surface area contributed by atoms with Crippen molar-refractivity contribution in [2.24, 2.45) is 5.18 Å². The van der Waals surface area contributed by atoms with Gasteiger partial charge in [0.25, 0.3) is 0 Å². The summed E-state index contributed by atoms with van der Waals surface area (Å²) < 4.78 is 5.36. The summed E-state index contributed by atoms with van der Waals surface area (Å²) >= 11 is 11.9. The molecule has 2 aromatic carbocycles. The normalized spacial score (nSPS) is 10.2. The van der Waals surface area contributed by atoms with Crippen molar-refractivity contribution < 1.29 is 4.74 Å².